The summed E-state index contributed by atoms with van der Waals surface area (Å²) < 4.78 is 40.1. The zero-order valence-electron chi connectivity index (χ0n) is 17.1. The standard InChI is InChI=1S/C22H19F2N5O2S/c1-30-9-7-25-20-5-4-17-21(28-20)14-11-19(32-18(14)6-8-31-17)22-26-12-27-29(22)16-3-2-13(23)10-15(16)24/h2-5,10-12H,6-9H2,1H3,(H,25,28). The summed E-state index contributed by atoms with van der Waals surface area (Å²) in [5.41, 5.74) is 1.82. The molecule has 0 saturated carbocycles. The Balaban J connectivity index is 1.55. The van der Waals surface area contributed by atoms with Crippen molar-refractivity contribution < 1.29 is 18.3 Å². The van der Waals surface area contributed by atoms with Crippen molar-refractivity contribution in [3.05, 3.63) is 59.2 Å². The first-order valence-corrected chi connectivity index (χ1v) is 10.8. The summed E-state index contributed by atoms with van der Waals surface area (Å²) >= 11 is 1.53. The molecule has 0 radical (unpaired) electrons. The van der Waals surface area contributed by atoms with Gasteiger partial charge in [0.1, 0.15) is 35.1 Å². The Morgan fingerprint density at radius 1 is 1.22 bits per heavy atom. The fourth-order valence-corrected chi connectivity index (χ4v) is 4.68. The molecule has 7 nitrogen and oxygen atoms in total. The van der Waals surface area contributed by atoms with Gasteiger partial charge >= 0.3 is 0 Å². The Labute approximate surface area is 186 Å². The van der Waals surface area contributed by atoms with Gasteiger partial charge in [-0.15, -0.1) is 11.3 Å². The summed E-state index contributed by atoms with van der Waals surface area (Å²) in [7, 11) is 1.65. The van der Waals surface area contributed by atoms with E-state index in [-0.39, 0.29) is 5.69 Å². The van der Waals surface area contributed by atoms with Crippen molar-refractivity contribution >= 4 is 17.2 Å². The Morgan fingerprint density at radius 2 is 2.12 bits per heavy atom. The maximum Gasteiger partial charge on any atom is 0.173 e. The number of anilines is 1. The van der Waals surface area contributed by atoms with E-state index in [1.807, 2.05) is 18.2 Å². The lowest BCUT2D eigenvalue weighted by Crippen LogP contribution is -2.09. The van der Waals surface area contributed by atoms with E-state index in [1.54, 1.807) is 7.11 Å². The lowest BCUT2D eigenvalue weighted by molar-refractivity contribution is 0.210. The highest BCUT2D eigenvalue weighted by molar-refractivity contribution is 7.16. The first-order valence-electron chi connectivity index (χ1n) is 9.99. The average molecular weight is 455 g/mol. The molecule has 1 N–H and O–H groups in total. The van der Waals surface area contributed by atoms with Crippen LogP contribution in [0, 0.1) is 11.6 Å². The summed E-state index contributed by atoms with van der Waals surface area (Å²) in [6, 6.07) is 9.13. The van der Waals surface area contributed by atoms with Crippen LogP contribution in [0.3, 0.4) is 0 Å². The predicted molar refractivity (Wildman–Crippen MR) is 117 cm³/mol. The molecule has 0 saturated heterocycles. The molecule has 0 amide bonds. The minimum Gasteiger partial charge on any atom is -0.491 e. The molecule has 0 spiro atoms. The lowest BCUT2D eigenvalue weighted by Gasteiger charge is -2.10. The molecule has 0 atom stereocenters. The number of nitrogens with zero attached hydrogens (tertiary/aromatic N) is 4. The summed E-state index contributed by atoms with van der Waals surface area (Å²) in [6.45, 7) is 1.73. The number of benzene rings is 1. The molecule has 4 aromatic rings. The quantitative estimate of drug-likeness (QED) is 0.437. The van der Waals surface area contributed by atoms with E-state index in [4.69, 9.17) is 14.5 Å². The normalized spacial score (nSPS) is 12.6. The molecule has 0 fully saturated rings. The molecular formula is C22H19F2N5O2S. The Morgan fingerprint density at radius 3 is 2.97 bits per heavy atom. The number of hydrogen-bond acceptors (Lipinski definition) is 7. The largest absolute Gasteiger partial charge is 0.491 e. The first kappa shape index (κ1) is 20.5. The van der Waals surface area contributed by atoms with E-state index < -0.39 is 11.6 Å². The molecule has 1 aromatic carbocycles. The summed E-state index contributed by atoms with van der Waals surface area (Å²) in [6.07, 6.45) is 2.07. The van der Waals surface area contributed by atoms with Crippen LogP contribution in [0.25, 0.3) is 27.6 Å². The van der Waals surface area contributed by atoms with Crippen LogP contribution in [0.1, 0.15) is 4.88 Å². The van der Waals surface area contributed by atoms with Crippen molar-refractivity contribution in [3.63, 3.8) is 0 Å². The van der Waals surface area contributed by atoms with Gasteiger partial charge in [-0.05, 0) is 30.3 Å². The third-order valence-electron chi connectivity index (χ3n) is 5.03. The number of methoxy groups -OCH3 is 1. The van der Waals surface area contributed by atoms with E-state index in [0.717, 1.165) is 32.9 Å². The van der Waals surface area contributed by atoms with Crippen LogP contribution >= 0.6 is 11.3 Å². The number of nitrogens with one attached hydrogen (secondary N) is 1. The third kappa shape index (κ3) is 3.82. The number of aromatic nitrogens is 4. The van der Waals surface area contributed by atoms with Gasteiger partial charge in [-0.3, -0.25) is 0 Å². The van der Waals surface area contributed by atoms with Crippen molar-refractivity contribution in [3.8, 4) is 33.4 Å². The number of pyridine rings is 1. The fraction of sp³-hybridized carbons (Fsp3) is 0.227. The van der Waals surface area contributed by atoms with Crippen LogP contribution in [0.4, 0.5) is 14.6 Å². The number of ether oxygens (including phenoxy) is 2. The van der Waals surface area contributed by atoms with Gasteiger partial charge in [-0.2, -0.15) is 5.10 Å². The second-order valence-corrected chi connectivity index (χ2v) is 8.24. The molecule has 10 heteroatoms. The number of hydrogen-bond donors (Lipinski definition) is 1. The topological polar surface area (TPSA) is 74.1 Å². The van der Waals surface area contributed by atoms with Gasteiger partial charge in [-0.1, -0.05) is 0 Å². The monoisotopic (exact) mass is 455 g/mol. The van der Waals surface area contributed by atoms with Gasteiger partial charge < -0.3 is 14.8 Å². The zero-order valence-corrected chi connectivity index (χ0v) is 18.0. The molecule has 0 aliphatic carbocycles. The molecule has 1 aliphatic heterocycles. The Hall–Kier alpha value is -3.37. The molecule has 0 bridgehead atoms. The lowest BCUT2D eigenvalue weighted by atomic mass is 10.1. The molecule has 1 aliphatic rings. The minimum absolute atomic E-state index is 0.133. The number of fused-ring (bicyclic) bond motifs is 3. The van der Waals surface area contributed by atoms with E-state index in [0.29, 0.717) is 37.8 Å². The molecule has 5 rings (SSSR count). The van der Waals surface area contributed by atoms with Crippen molar-refractivity contribution in [2.24, 2.45) is 0 Å². The van der Waals surface area contributed by atoms with Gasteiger partial charge in [0.15, 0.2) is 11.6 Å². The summed E-state index contributed by atoms with van der Waals surface area (Å²) in [4.78, 5) is 11.0. The summed E-state index contributed by atoms with van der Waals surface area (Å²) in [5.74, 6) is 0.554. The highest BCUT2D eigenvalue weighted by atomic mass is 32.1. The fourth-order valence-electron chi connectivity index (χ4n) is 3.55. The molecule has 0 unspecified atom stereocenters. The highest BCUT2D eigenvalue weighted by Gasteiger charge is 2.23. The number of rotatable bonds is 6. The highest BCUT2D eigenvalue weighted by Crippen LogP contribution is 2.42. The van der Waals surface area contributed by atoms with Gasteiger partial charge in [0.05, 0.1) is 18.1 Å². The Kier molecular flexibility index (Phi) is 5.54. The van der Waals surface area contributed by atoms with Crippen LogP contribution in [0.5, 0.6) is 5.75 Å². The van der Waals surface area contributed by atoms with Gasteiger partial charge in [0.2, 0.25) is 0 Å². The van der Waals surface area contributed by atoms with Gasteiger partial charge in [-0.25, -0.2) is 23.4 Å². The van der Waals surface area contributed by atoms with E-state index in [2.05, 4.69) is 15.4 Å². The van der Waals surface area contributed by atoms with E-state index >= 15 is 0 Å². The second kappa shape index (κ2) is 8.64. The Bertz CT molecular complexity index is 1270. The van der Waals surface area contributed by atoms with Crippen molar-refractivity contribution in [2.75, 3.05) is 32.2 Å². The number of thiophene rings is 1. The van der Waals surface area contributed by atoms with Gasteiger partial charge in [0.25, 0.3) is 0 Å². The van der Waals surface area contributed by atoms with Crippen LogP contribution in [0.2, 0.25) is 0 Å². The summed E-state index contributed by atoms with van der Waals surface area (Å²) in [5, 5.41) is 7.40. The maximum atomic E-state index is 14.4. The van der Waals surface area contributed by atoms with Crippen LogP contribution in [-0.4, -0.2) is 46.6 Å². The number of halogens is 2. The molecule has 4 heterocycles. The van der Waals surface area contributed by atoms with E-state index in [1.165, 1.54) is 34.5 Å². The smallest absolute Gasteiger partial charge is 0.173 e. The molecule has 164 valence electrons. The van der Waals surface area contributed by atoms with Crippen molar-refractivity contribution in [1.29, 1.82) is 0 Å². The predicted octanol–water partition coefficient (Wildman–Crippen LogP) is 4.33. The van der Waals surface area contributed by atoms with Crippen LogP contribution in [-0.2, 0) is 11.2 Å². The third-order valence-corrected chi connectivity index (χ3v) is 6.22. The molecular weight excluding hydrogens is 436 g/mol. The molecule has 32 heavy (non-hydrogen) atoms. The first-order chi connectivity index (χ1) is 15.6. The second-order valence-electron chi connectivity index (χ2n) is 7.10. The van der Waals surface area contributed by atoms with Crippen LogP contribution in [0.15, 0.2) is 42.7 Å². The van der Waals surface area contributed by atoms with Crippen LogP contribution < -0.4 is 10.1 Å². The molecule has 3 aromatic heterocycles. The van der Waals surface area contributed by atoms with Crippen molar-refractivity contribution in [1.82, 2.24) is 19.7 Å². The van der Waals surface area contributed by atoms with Gasteiger partial charge in [0, 0.05) is 36.6 Å². The van der Waals surface area contributed by atoms with Crippen molar-refractivity contribution in [2.45, 2.75) is 6.42 Å². The maximum absolute atomic E-state index is 14.4. The average Bonchev–Trinajstić information content (AvgIpc) is 3.38. The zero-order chi connectivity index (χ0) is 22.1. The van der Waals surface area contributed by atoms with E-state index in [9.17, 15) is 8.78 Å². The minimum atomic E-state index is -0.706. The SMILES string of the molecule is COCCNc1ccc2c(n1)-c1cc(-c3ncnn3-c3ccc(F)cc3F)sc1CCO2.